The molecule has 1 unspecified atom stereocenters. The second-order valence-electron chi connectivity index (χ2n) is 3.65. The number of hydrogen-bond donors (Lipinski definition) is 2. The van der Waals surface area contributed by atoms with Gasteiger partial charge < -0.3 is 15.5 Å². The predicted octanol–water partition coefficient (Wildman–Crippen LogP) is 2.13. The molecule has 1 atom stereocenters. The number of hydrogen-bond acceptors (Lipinski definition) is 5. The van der Waals surface area contributed by atoms with Crippen LogP contribution in [-0.4, -0.2) is 9.97 Å². The molecule has 84 valence electrons. The summed E-state index contributed by atoms with van der Waals surface area (Å²) in [5.74, 6) is 2.29. The number of aryl methyl sites for hydroxylation is 1. The van der Waals surface area contributed by atoms with E-state index in [1.807, 2.05) is 26.0 Å². The van der Waals surface area contributed by atoms with E-state index in [0.29, 0.717) is 11.6 Å². The summed E-state index contributed by atoms with van der Waals surface area (Å²) in [6.45, 7) is 3.90. The van der Waals surface area contributed by atoms with Gasteiger partial charge in [-0.2, -0.15) is 0 Å². The SMILES string of the molecule is Cc1ccc(C(C)Nc2ncc(N)cn2)o1. The Morgan fingerprint density at radius 3 is 2.56 bits per heavy atom. The molecule has 5 heteroatoms. The minimum atomic E-state index is 0.0253. The van der Waals surface area contributed by atoms with Gasteiger partial charge in [-0.25, -0.2) is 9.97 Å². The van der Waals surface area contributed by atoms with Crippen LogP contribution in [0.1, 0.15) is 24.5 Å². The number of aromatic nitrogens is 2. The second kappa shape index (κ2) is 4.22. The first kappa shape index (κ1) is 10.5. The number of rotatable bonds is 3. The maximum atomic E-state index is 5.50. The van der Waals surface area contributed by atoms with Crippen LogP contribution in [0, 0.1) is 6.92 Å². The van der Waals surface area contributed by atoms with Crippen molar-refractivity contribution in [1.82, 2.24) is 9.97 Å². The zero-order valence-electron chi connectivity index (χ0n) is 9.27. The molecule has 2 aromatic heterocycles. The minimum absolute atomic E-state index is 0.0253. The molecule has 5 nitrogen and oxygen atoms in total. The topological polar surface area (TPSA) is 77.0 Å². The van der Waals surface area contributed by atoms with Crippen molar-refractivity contribution in [2.45, 2.75) is 19.9 Å². The fraction of sp³-hybridized carbons (Fsp3) is 0.273. The molecular weight excluding hydrogens is 204 g/mol. The Kier molecular flexibility index (Phi) is 2.76. The summed E-state index contributed by atoms with van der Waals surface area (Å²) < 4.78 is 5.50. The van der Waals surface area contributed by atoms with Crippen LogP contribution in [0.5, 0.6) is 0 Å². The third-order valence-electron chi connectivity index (χ3n) is 2.21. The van der Waals surface area contributed by atoms with E-state index in [1.165, 1.54) is 0 Å². The van der Waals surface area contributed by atoms with Crippen LogP contribution in [0.15, 0.2) is 28.9 Å². The van der Waals surface area contributed by atoms with E-state index >= 15 is 0 Å². The summed E-state index contributed by atoms with van der Waals surface area (Å²) in [4.78, 5) is 8.12. The van der Waals surface area contributed by atoms with E-state index in [4.69, 9.17) is 10.2 Å². The van der Waals surface area contributed by atoms with Crippen molar-refractivity contribution >= 4 is 11.6 Å². The molecule has 0 saturated heterocycles. The van der Waals surface area contributed by atoms with Crippen LogP contribution in [0.4, 0.5) is 11.6 Å². The molecule has 0 bridgehead atoms. The lowest BCUT2D eigenvalue weighted by atomic mass is 10.2. The third kappa shape index (κ3) is 2.31. The third-order valence-corrected chi connectivity index (χ3v) is 2.21. The van der Waals surface area contributed by atoms with Crippen molar-refractivity contribution in [1.29, 1.82) is 0 Å². The maximum absolute atomic E-state index is 5.50. The molecule has 16 heavy (non-hydrogen) atoms. The molecule has 2 heterocycles. The number of nitrogens with two attached hydrogens (primary N) is 1. The van der Waals surface area contributed by atoms with Gasteiger partial charge in [0.1, 0.15) is 11.5 Å². The number of nitrogen functional groups attached to an aromatic ring is 1. The van der Waals surface area contributed by atoms with Gasteiger partial charge in [0.25, 0.3) is 0 Å². The van der Waals surface area contributed by atoms with Gasteiger partial charge in [-0.3, -0.25) is 0 Å². The molecule has 0 aromatic carbocycles. The number of furan rings is 1. The van der Waals surface area contributed by atoms with Crippen LogP contribution in [0.3, 0.4) is 0 Å². The zero-order chi connectivity index (χ0) is 11.5. The van der Waals surface area contributed by atoms with Crippen LogP contribution in [0.25, 0.3) is 0 Å². The van der Waals surface area contributed by atoms with Crippen molar-refractivity contribution in [3.8, 4) is 0 Å². The Hall–Kier alpha value is -2.04. The predicted molar refractivity (Wildman–Crippen MR) is 61.9 cm³/mol. The van der Waals surface area contributed by atoms with E-state index in [9.17, 15) is 0 Å². The first-order chi connectivity index (χ1) is 7.65. The Labute approximate surface area is 93.7 Å². The quantitative estimate of drug-likeness (QED) is 0.825. The van der Waals surface area contributed by atoms with E-state index in [0.717, 1.165) is 11.5 Å². The molecular formula is C11H14N4O. The molecule has 0 amide bonds. The normalized spacial score (nSPS) is 12.4. The summed E-state index contributed by atoms with van der Waals surface area (Å²) in [6.07, 6.45) is 3.13. The highest BCUT2D eigenvalue weighted by atomic mass is 16.3. The molecule has 0 aliphatic rings. The Morgan fingerprint density at radius 2 is 2.00 bits per heavy atom. The van der Waals surface area contributed by atoms with Crippen LogP contribution >= 0.6 is 0 Å². The van der Waals surface area contributed by atoms with Gasteiger partial charge in [-0.1, -0.05) is 0 Å². The van der Waals surface area contributed by atoms with Crippen molar-refractivity contribution in [2.24, 2.45) is 0 Å². The summed E-state index contributed by atoms with van der Waals surface area (Å²) in [5.41, 5.74) is 6.05. The van der Waals surface area contributed by atoms with Crippen LogP contribution in [0.2, 0.25) is 0 Å². The fourth-order valence-electron chi connectivity index (χ4n) is 1.36. The molecule has 2 aromatic rings. The van der Waals surface area contributed by atoms with E-state index in [1.54, 1.807) is 12.4 Å². The highest BCUT2D eigenvalue weighted by Gasteiger charge is 2.10. The highest BCUT2D eigenvalue weighted by Crippen LogP contribution is 2.18. The van der Waals surface area contributed by atoms with Crippen molar-refractivity contribution in [2.75, 3.05) is 11.1 Å². The summed E-state index contributed by atoms with van der Waals surface area (Å²) in [5, 5.41) is 3.13. The van der Waals surface area contributed by atoms with Gasteiger partial charge in [-0.15, -0.1) is 0 Å². The summed E-state index contributed by atoms with van der Waals surface area (Å²) in [6, 6.07) is 3.89. The molecule has 0 spiro atoms. The molecule has 0 saturated carbocycles. The lowest BCUT2D eigenvalue weighted by Crippen LogP contribution is -2.08. The molecule has 0 aliphatic heterocycles. The lowest BCUT2D eigenvalue weighted by Gasteiger charge is -2.10. The molecule has 0 radical (unpaired) electrons. The smallest absolute Gasteiger partial charge is 0.223 e. The Balaban J connectivity index is 2.07. The van der Waals surface area contributed by atoms with Gasteiger partial charge in [0.15, 0.2) is 0 Å². The average molecular weight is 218 g/mol. The fourth-order valence-corrected chi connectivity index (χ4v) is 1.36. The summed E-state index contributed by atoms with van der Waals surface area (Å²) in [7, 11) is 0. The maximum Gasteiger partial charge on any atom is 0.223 e. The largest absolute Gasteiger partial charge is 0.464 e. The zero-order valence-corrected chi connectivity index (χ0v) is 9.27. The summed E-state index contributed by atoms with van der Waals surface area (Å²) >= 11 is 0. The highest BCUT2D eigenvalue weighted by molar-refractivity contribution is 5.36. The molecule has 0 aliphatic carbocycles. The molecule has 2 rings (SSSR count). The lowest BCUT2D eigenvalue weighted by molar-refractivity contribution is 0.466. The number of nitrogens with one attached hydrogen (secondary N) is 1. The van der Waals surface area contributed by atoms with Crippen molar-refractivity contribution in [3.05, 3.63) is 36.0 Å². The first-order valence-electron chi connectivity index (χ1n) is 5.05. The molecule has 0 fully saturated rings. The van der Waals surface area contributed by atoms with E-state index < -0.39 is 0 Å². The molecule has 3 N–H and O–H groups in total. The van der Waals surface area contributed by atoms with Crippen molar-refractivity contribution < 1.29 is 4.42 Å². The second-order valence-corrected chi connectivity index (χ2v) is 3.65. The van der Waals surface area contributed by atoms with Crippen LogP contribution in [-0.2, 0) is 0 Å². The van der Waals surface area contributed by atoms with E-state index in [2.05, 4.69) is 15.3 Å². The van der Waals surface area contributed by atoms with Gasteiger partial charge in [0.2, 0.25) is 5.95 Å². The van der Waals surface area contributed by atoms with Gasteiger partial charge in [0, 0.05) is 0 Å². The average Bonchev–Trinajstić information content (AvgIpc) is 2.68. The Morgan fingerprint density at radius 1 is 1.31 bits per heavy atom. The van der Waals surface area contributed by atoms with Crippen molar-refractivity contribution in [3.63, 3.8) is 0 Å². The minimum Gasteiger partial charge on any atom is -0.464 e. The van der Waals surface area contributed by atoms with Gasteiger partial charge in [-0.05, 0) is 26.0 Å². The number of anilines is 2. The van der Waals surface area contributed by atoms with Crippen LogP contribution < -0.4 is 11.1 Å². The standard InChI is InChI=1S/C11H14N4O/c1-7-3-4-10(16-7)8(2)15-11-13-5-9(12)6-14-11/h3-6,8H,12H2,1-2H3,(H,13,14,15). The number of nitrogens with zero attached hydrogens (tertiary/aromatic N) is 2. The van der Waals surface area contributed by atoms with E-state index in [-0.39, 0.29) is 6.04 Å². The van der Waals surface area contributed by atoms with Gasteiger partial charge >= 0.3 is 0 Å². The first-order valence-corrected chi connectivity index (χ1v) is 5.05. The van der Waals surface area contributed by atoms with Gasteiger partial charge in [0.05, 0.1) is 24.1 Å². The monoisotopic (exact) mass is 218 g/mol. The Bertz CT molecular complexity index is 463.